The number of rotatable bonds is 2. The van der Waals surface area contributed by atoms with Crippen LogP contribution in [-0.2, 0) is 12.6 Å². The fraction of sp³-hybridized carbons (Fsp3) is 0.538. The van der Waals surface area contributed by atoms with E-state index in [1.54, 1.807) is 11.0 Å². The van der Waals surface area contributed by atoms with E-state index in [0.717, 1.165) is 6.07 Å². The van der Waals surface area contributed by atoms with Crippen molar-refractivity contribution in [1.82, 2.24) is 0 Å². The Morgan fingerprint density at radius 2 is 2.06 bits per heavy atom. The monoisotopic (exact) mass is 259 g/mol. The van der Waals surface area contributed by atoms with Gasteiger partial charge >= 0.3 is 6.18 Å². The van der Waals surface area contributed by atoms with Crippen LogP contribution in [0.2, 0.25) is 0 Å². The number of hydrogen-bond donors (Lipinski definition) is 1. The van der Waals surface area contributed by atoms with Crippen LogP contribution in [0, 0.1) is 0 Å². The number of hydrogen-bond acceptors (Lipinski definition) is 2. The largest absolute Gasteiger partial charge is 0.416 e. The Labute approximate surface area is 104 Å². The summed E-state index contributed by atoms with van der Waals surface area (Å²) < 4.78 is 38.3. The maximum atomic E-state index is 12.8. The zero-order valence-corrected chi connectivity index (χ0v) is 10.2. The smallest absolute Gasteiger partial charge is 0.391 e. The third-order valence-corrected chi connectivity index (χ3v) is 3.24. The molecule has 0 aliphatic carbocycles. The summed E-state index contributed by atoms with van der Waals surface area (Å²) in [5.41, 5.74) is 0.609. The van der Waals surface area contributed by atoms with Crippen molar-refractivity contribution >= 4 is 5.69 Å². The molecule has 5 heteroatoms. The van der Waals surface area contributed by atoms with Crippen molar-refractivity contribution in [3.05, 3.63) is 29.3 Å². The average molecular weight is 259 g/mol. The van der Waals surface area contributed by atoms with Crippen molar-refractivity contribution in [2.45, 2.75) is 32.0 Å². The molecule has 100 valence electrons. The van der Waals surface area contributed by atoms with Crippen LogP contribution in [-0.4, -0.2) is 24.3 Å². The second kappa shape index (κ2) is 4.80. The van der Waals surface area contributed by atoms with Gasteiger partial charge in [-0.05, 0) is 36.6 Å². The molecule has 2 nitrogen and oxygen atoms in total. The van der Waals surface area contributed by atoms with Gasteiger partial charge in [-0.25, -0.2) is 0 Å². The molecule has 1 saturated heterocycles. The van der Waals surface area contributed by atoms with Crippen LogP contribution in [0.3, 0.4) is 0 Å². The normalized spacial score (nSPS) is 20.5. The van der Waals surface area contributed by atoms with Gasteiger partial charge in [-0.1, -0.05) is 6.92 Å². The van der Waals surface area contributed by atoms with E-state index in [0.29, 0.717) is 37.2 Å². The van der Waals surface area contributed by atoms with Crippen LogP contribution in [0.15, 0.2) is 18.2 Å². The van der Waals surface area contributed by atoms with Gasteiger partial charge in [0.05, 0.1) is 11.7 Å². The Morgan fingerprint density at radius 3 is 2.56 bits per heavy atom. The number of anilines is 1. The molecule has 1 heterocycles. The number of halogens is 3. The van der Waals surface area contributed by atoms with Crippen molar-refractivity contribution in [3.63, 3.8) is 0 Å². The topological polar surface area (TPSA) is 23.5 Å². The zero-order valence-electron chi connectivity index (χ0n) is 10.2. The second-order valence-corrected chi connectivity index (χ2v) is 4.63. The Kier molecular flexibility index (Phi) is 3.52. The molecule has 1 atom stereocenters. The molecule has 0 spiro atoms. The Morgan fingerprint density at radius 1 is 1.33 bits per heavy atom. The highest BCUT2D eigenvalue weighted by molar-refractivity contribution is 5.53. The van der Waals surface area contributed by atoms with E-state index in [-0.39, 0.29) is 0 Å². The van der Waals surface area contributed by atoms with Gasteiger partial charge in [0, 0.05) is 18.8 Å². The summed E-state index contributed by atoms with van der Waals surface area (Å²) in [6, 6.07) is 4.13. The zero-order chi connectivity index (χ0) is 13.3. The molecule has 0 bridgehead atoms. The third-order valence-electron chi connectivity index (χ3n) is 3.24. The molecule has 1 aromatic carbocycles. The molecule has 1 fully saturated rings. The van der Waals surface area contributed by atoms with Crippen molar-refractivity contribution < 1.29 is 18.3 Å². The summed E-state index contributed by atoms with van der Waals surface area (Å²) in [5, 5.41) is 9.45. The minimum Gasteiger partial charge on any atom is -0.391 e. The first-order valence-corrected chi connectivity index (χ1v) is 6.04. The third kappa shape index (κ3) is 2.77. The first kappa shape index (κ1) is 13.2. The maximum absolute atomic E-state index is 12.8. The van der Waals surface area contributed by atoms with Gasteiger partial charge in [-0.15, -0.1) is 0 Å². The highest BCUT2D eigenvalue weighted by atomic mass is 19.4. The first-order valence-electron chi connectivity index (χ1n) is 6.04. The summed E-state index contributed by atoms with van der Waals surface area (Å²) in [6.45, 7) is 2.84. The molecule has 1 aromatic rings. The van der Waals surface area contributed by atoms with Crippen LogP contribution in [0.5, 0.6) is 0 Å². The van der Waals surface area contributed by atoms with E-state index < -0.39 is 17.8 Å². The summed E-state index contributed by atoms with van der Waals surface area (Å²) in [4.78, 5) is 1.80. The number of benzene rings is 1. The Hall–Kier alpha value is -1.23. The fourth-order valence-corrected chi connectivity index (χ4v) is 2.20. The molecular weight excluding hydrogens is 243 g/mol. The summed E-state index contributed by atoms with van der Waals surface area (Å²) in [6.07, 6.45) is -3.59. The van der Waals surface area contributed by atoms with Crippen molar-refractivity contribution in [1.29, 1.82) is 0 Å². The van der Waals surface area contributed by atoms with Crippen LogP contribution >= 0.6 is 0 Å². The maximum Gasteiger partial charge on any atom is 0.416 e. The predicted molar refractivity (Wildman–Crippen MR) is 63.7 cm³/mol. The lowest BCUT2D eigenvalue weighted by Gasteiger charge is -2.20. The van der Waals surface area contributed by atoms with Crippen LogP contribution < -0.4 is 4.90 Å². The number of alkyl halides is 3. The van der Waals surface area contributed by atoms with Crippen molar-refractivity contribution in [2.24, 2.45) is 0 Å². The molecule has 0 amide bonds. The number of β-amino-alcohol motifs (C(OH)–C–C–N with tert-alkyl or cyclic N) is 1. The fourth-order valence-electron chi connectivity index (χ4n) is 2.20. The minimum absolute atomic E-state index is 0.407. The van der Waals surface area contributed by atoms with Crippen LogP contribution in [0.25, 0.3) is 0 Å². The molecule has 0 saturated carbocycles. The Bertz CT molecular complexity index is 431. The van der Waals surface area contributed by atoms with Crippen molar-refractivity contribution in [2.75, 3.05) is 18.0 Å². The second-order valence-electron chi connectivity index (χ2n) is 4.63. The number of aliphatic hydroxyl groups excluding tert-OH is 1. The van der Waals surface area contributed by atoms with E-state index in [1.807, 2.05) is 6.92 Å². The molecule has 18 heavy (non-hydrogen) atoms. The van der Waals surface area contributed by atoms with Crippen LogP contribution in [0.4, 0.5) is 18.9 Å². The van der Waals surface area contributed by atoms with E-state index in [4.69, 9.17) is 0 Å². The summed E-state index contributed by atoms with van der Waals surface area (Å²) in [7, 11) is 0. The molecule has 0 radical (unpaired) electrons. The average Bonchev–Trinajstić information content (AvgIpc) is 2.74. The molecule has 1 N–H and O–H groups in total. The van der Waals surface area contributed by atoms with Crippen molar-refractivity contribution in [3.8, 4) is 0 Å². The molecule has 0 aromatic heterocycles. The molecule has 1 unspecified atom stereocenters. The first-order chi connectivity index (χ1) is 8.40. The van der Waals surface area contributed by atoms with Gasteiger partial charge < -0.3 is 10.0 Å². The summed E-state index contributed by atoms with van der Waals surface area (Å²) in [5.74, 6) is 0. The lowest BCUT2D eigenvalue weighted by Crippen LogP contribution is -2.22. The quantitative estimate of drug-likeness (QED) is 0.882. The number of aryl methyl sites for hydroxylation is 1. The van der Waals surface area contributed by atoms with Gasteiger partial charge in [-0.2, -0.15) is 13.2 Å². The lowest BCUT2D eigenvalue weighted by atomic mass is 10.1. The van der Waals surface area contributed by atoms with E-state index in [1.165, 1.54) is 6.07 Å². The number of aliphatic hydroxyl groups is 1. The molecule has 1 aliphatic heterocycles. The van der Waals surface area contributed by atoms with E-state index in [2.05, 4.69) is 0 Å². The highest BCUT2D eigenvalue weighted by Crippen LogP contribution is 2.34. The molecule has 1 aliphatic rings. The minimum atomic E-state index is -4.32. The predicted octanol–water partition coefficient (Wildman–Crippen LogP) is 2.84. The summed E-state index contributed by atoms with van der Waals surface area (Å²) >= 11 is 0. The van der Waals surface area contributed by atoms with Gasteiger partial charge in [0.1, 0.15) is 0 Å². The Balaban J connectivity index is 2.35. The van der Waals surface area contributed by atoms with E-state index in [9.17, 15) is 18.3 Å². The van der Waals surface area contributed by atoms with Gasteiger partial charge in [-0.3, -0.25) is 0 Å². The SMILES string of the molecule is CCc1cc(N2CCC(O)C2)cc(C(F)(F)F)c1. The standard InChI is InChI=1S/C13H16F3NO/c1-2-9-5-10(13(14,15)16)7-11(6-9)17-4-3-12(18)8-17/h5-7,12,18H,2-4,8H2,1H3. The van der Waals surface area contributed by atoms with Gasteiger partial charge in [0.25, 0.3) is 0 Å². The molecular formula is C13H16F3NO. The number of nitrogens with zero attached hydrogens (tertiary/aromatic N) is 1. The highest BCUT2D eigenvalue weighted by Gasteiger charge is 2.32. The lowest BCUT2D eigenvalue weighted by molar-refractivity contribution is -0.137. The van der Waals surface area contributed by atoms with E-state index >= 15 is 0 Å². The van der Waals surface area contributed by atoms with Gasteiger partial charge in [0.15, 0.2) is 0 Å². The van der Waals surface area contributed by atoms with Crippen LogP contribution in [0.1, 0.15) is 24.5 Å². The van der Waals surface area contributed by atoms with Gasteiger partial charge in [0.2, 0.25) is 0 Å². The molecule has 2 rings (SSSR count).